The first kappa shape index (κ1) is 13.2. The number of aromatic nitrogens is 3. The molecule has 1 aromatic carbocycles. The van der Waals surface area contributed by atoms with Crippen molar-refractivity contribution in [3.05, 3.63) is 29.8 Å². The van der Waals surface area contributed by atoms with Crippen LogP contribution < -0.4 is 10.5 Å². The van der Waals surface area contributed by atoms with Gasteiger partial charge in [0.05, 0.1) is 7.11 Å². The van der Waals surface area contributed by atoms with Crippen molar-refractivity contribution in [1.29, 1.82) is 0 Å². The number of hydrogen-bond acceptors (Lipinski definition) is 5. The summed E-state index contributed by atoms with van der Waals surface area (Å²) in [6.07, 6.45) is 1.63. The lowest BCUT2D eigenvalue weighted by Gasteiger charge is -2.06. The number of hydrogen-bond donors (Lipinski definition) is 1. The molecule has 0 aliphatic rings. The van der Waals surface area contributed by atoms with E-state index in [0.29, 0.717) is 17.2 Å². The summed E-state index contributed by atoms with van der Waals surface area (Å²) >= 11 is 0. The van der Waals surface area contributed by atoms with Gasteiger partial charge >= 0.3 is 0 Å². The van der Waals surface area contributed by atoms with Crippen LogP contribution in [0.4, 0.5) is 10.3 Å². The third-order valence-electron chi connectivity index (χ3n) is 2.58. The summed E-state index contributed by atoms with van der Waals surface area (Å²) in [6.45, 7) is 2.03. The van der Waals surface area contributed by atoms with Crippen LogP contribution in [-0.2, 0) is 6.42 Å². The molecule has 2 aromatic rings. The molecule has 0 saturated carbocycles. The van der Waals surface area contributed by atoms with Crippen molar-refractivity contribution < 1.29 is 9.13 Å². The van der Waals surface area contributed by atoms with Crippen molar-refractivity contribution in [2.45, 2.75) is 19.8 Å². The average Bonchev–Trinajstić information content (AvgIpc) is 2.39. The van der Waals surface area contributed by atoms with E-state index < -0.39 is 5.82 Å². The Kier molecular flexibility index (Phi) is 3.89. The van der Waals surface area contributed by atoms with Gasteiger partial charge in [0.2, 0.25) is 5.95 Å². The molecular weight excluding hydrogens is 247 g/mol. The van der Waals surface area contributed by atoms with E-state index in [4.69, 9.17) is 10.5 Å². The Balaban J connectivity index is 2.46. The van der Waals surface area contributed by atoms with E-state index in [1.54, 1.807) is 12.1 Å². The molecule has 2 rings (SSSR count). The van der Waals surface area contributed by atoms with E-state index in [-0.39, 0.29) is 11.7 Å². The highest BCUT2D eigenvalue weighted by Crippen LogP contribution is 2.24. The summed E-state index contributed by atoms with van der Waals surface area (Å²) in [5.41, 5.74) is 6.30. The zero-order chi connectivity index (χ0) is 13.8. The minimum atomic E-state index is -0.429. The van der Waals surface area contributed by atoms with Gasteiger partial charge in [-0.25, -0.2) is 9.37 Å². The minimum Gasteiger partial charge on any atom is -0.494 e. The first-order valence-electron chi connectivity index (χ1n) is 5.98. The van der Waals surface area contributed by atoms with Gasteiger partial charge in [-0.15, -0.1) is 0 Å². The molecule has 0 bridgehead atoms. The standard InChI is InChI=1S/C13H15FN4O/c1-3-4-11-16-12(18-13(15)17-11)8-5-6-9(14)10(7-8)19-2/h5-7H,3-4H2,1-2H3,(H2,15,16,17,18). The third-order valence-corrected chi connectivity index (χ3v) is 2.58. The van der Waals surface area contributed by atoms with Crippen LogP contribution in [0, 0.1) is 5.82 Å². The van der Waals surface area contributed by atoms with Crippen molar-refractivity contribution in [2.75, 3.05) is 12.8 Å². The van der Waals surface area contributed by atoms with Crippen molar-refractivity contribution in [1.82, 2.24) is 15.0 Å². The predicted molar refractivity (Wildman–Crippen MR) is 70.2 cm³/mol. The molecule has 0 aliphatic carbocycles. The lowest BCUT2D eigenvalue weighted by molar-refractivity contribution is 0.386. The van der Waals surface area contributed by atoms with Gasteiger partial charge in [-0.05, 0) is 24.6 Å². The van der Waals surface area contributed by atoms with E-state index in [9.17, 15) is 4.39 Å². The zero-order valence-corrected chi connectivity index (χ0v) is 10.9. The number of methoxy groups -OCH3 is 1. The quantitative estimate of drug-likeness (QED) is 0.914. The SMILES string of the molecule is CCCc1nc(N)nc(-c2ccc(F)c(OC)c2)n1. The van der Waals surface area contributed by atoms with Gasteiger partial charge in [-0.1, -0.05) is 6.92 Å². The largest absolute Gasteiger partial charge is 0.494 e. The topological polar surface area (TPSA) is 73.9 Å². The van der Waals surface area contributed by atoms with Crippen molar-refractivity contribution in [2.24, 2.45) is 0 Å². The second-order valence-electron chi connectivity index (χ2n) is 4.03. The Morgan fingerprint density at radius 1 is 1.26 bits per heavy atom. The highest BCUT2D eigenvalue weighted by atomic mass is 19.1. The molecule has 1 aromatic heterocycles. The highest BCUT2D eigenvalue weighted by Gasteiger charge is 2.10. The monoisotopic (exact) mass is 262 g/mol. The van der Waals surface area contributed by atoms with Gasteiger partial charge in [0.1, 0.15) is 5.82 Å². The molecule has 0 saturated heterocycles. The van der Waals surface area contributed by atoms with Gasteiger partial charge in [-0.2, -0.15) is 9.97 Å². The molecule has 5 nitrogen and oxygen atoms in total. The molecule has 19 heavy (non-hydrogen) atoms. The van der Waals surface area contributed by atoms with Crippen LogP contribution in [0.2, 0.25) is 0 Å². The summed E-state index contributed by atoms with van der Waals surface area (Å²) < 4.78 is 18.3. The van der Waals surface area contributed by atoms with E-state index >= 15 is 0 Å². The fourth-order valence-electron chi connectivity index (χ4n) is 1.70. The lowest BCUT2D eigenvalue weighted by Crippen LogP contribution is -2.05. The van der Waals surface area contributed by atoms with Crippen LogP contribution >= 0.6 is 0 Å². The van der Waals surface area contributed by atoms with E-state index in [0.717, 1.165) is 12.8 Å². The predicted octanol–water partition coefficient (Wildman–Crippen LogP) is 2.22. The summed E-state index contributed by atoms with van der Waals surface area (Å²) in [7, 11) is 1.41. The Bertz CT molecular complexity index is 589. The molecule has 0 unspecified atom stereocenters. The van der Waals surface area contributed by atoms with Crippen LogP contribution in [-0.4, -0.2) is 22.1 Å². The molecule has 6 heteroatoms. The van der Waals surface area contributed by atoms with Crippen LogP contribution in [0.25, 0.3) is 11.4 Å². The maximum atomic E-state index is 13.4. The van der Waals surface area contributed by atoms with E-state index in [1.165, 1.54) is 13.2 Å². The number of nitrogen functional groups attached to an aromatic ring is 1. The van der Waals surface area contributed by atoms with Gasteiger partial charge in [0, 0.05) is 12.0 Å². The molecule has 0 radical (unpaired) electrons. The Morgan fingerprint density at radius 2 is 2.05 bits per heavy atom. The average molecular weight is 262 g/mol. The molecule has 1 heterocycles. The number of benzene rings is 1. The first-order chi connectivity index (χ1) is 9.13. The van der Waals surface area contributed by atoms with Gasteiger partial charge in [0.25, 0.3) is 0 Å². The van der Waals surface area contributed by atoms with Crippen LogP contribution in [0.5, 0.6) is 5.75 Å². The van der Waals surface area contributed by atoms with Crippen LogP contribution in [0.1, 0.15) is 19.2 Å². The Morgan fingerprint density at radius 3 is 2.74 bits per heavy atom. The Labute approximate surface area is 110 Å². The maximum absolute atomic E-state index is 13.4. The van der Waals surface area contributed by atoms with Gasteiger partial charge in [0.15, 0.2) is 17.4 Å². The number of anilines is 1. The van der Waals surface area contributed by atoms with Crippen LogP contribution in [0.15, 0.2) is 18.2 Å². The number of nitrogens with zero attached hydrogens (tertiary/aromatic N) is 3. The second-order valence-corrected chi connectivity index (χ2v) is 4.03. The normalized spacial score (nSPS) is 10.5. The summed E-state index contributed by atoms with van der Waals surface area (Å²) in [5, 5.41) is 0. The van der Waals surface area contributed by atoms with Gasteiger partial charge in [-0.3, -0.25) is 0 Å². The number of nitrogens with two attached hydrogens (primary N) is 1. The number of ether oxygens (including phenoxy) is 1. The van der Waals surface area contributed by atoms with Crippen molar-refractivity contribution >= 4 is 5.95 Å². The molecular formula is C13H15FN4O. The molecule has 0 spiro atoms. The smallest absolute Gasteiger partial charge is 0.223 e. The second kappa shape index (κ2) is 5.60. The molecule has 0 amide bonds. The summed E-state index contributed by atoms with van der Waals surface area (Å²) in [4.78, 5) is 12.4. The fraction of sp³-hybridized carbons (Fsp3) is 0.308. The van der Waals surface area contributed by atoms with E-state index in [2.05, 4.69) is 15.0 Å². The van der Waals surface area contributed by atoms with Crippen LogP contribution in [0.3, 0.4) is 0 Å². The third kappa shape index (κ3) is 2.96. The van der Waals surface area contributed by atoms with Crippen molar-refractivity contribution in [3.63, 3.8) is 0 Å². The fourth-order valence-corrected chi connectivity index (χ4v) is 1.70. The Hall–Kier alpha value is -2.24. The van der Waals surface area contributed by atoms with E-state index in [1.807, 2.05) is 6.92 Å². The molecule has 2 N–H and O–H groups in total. The molecule has 0 aliphatic heterocycles. The number of aryl methyl sites for hydroxylation is 1. The number of rotatable bonds is 4. The highest BCUT2D eigenvalue weighted by molar-refractivity contribution is 5.58. The zero-order valence-electron chi connectivity index (χ0n) is 10.9. The first-order valence-corrected chi connectivity index (χ1v) is 5.98. The van der Waals surface area contributed by atoms with Crippen molar-refractivity contribution in [3.8, 4) is 17.1 Å². The summed E-state index contributed by atoms with van der Waals surface area (Å²) in [5.74, 6) is 0.940. The number of halogens is 1. The van der Waals surface area contributed by atoms with Gasteiger partial charge < -0.3 is 10.5 Å². The maximum Gasteiger partial charge on any atom is 0.223 e. The molecule has 0 atom stereocenters. The minimum absolute atomic E-state index is 0.147. The lowest BCUT2D eigenvalue weighted by atomic mass is 10.2. The summed E-state index contributed by atoms with van der Waals surface area (Å²) in [6, 6.07) is 4.44. The molecule has 0 fully saturated rings. The molecule has 100 valence electrons.